The number of hydrogen-bond acceptors (Lipinski definition) is 4. The summed E-state index contributed by atoms with van der Waals surface area (Å²) in [4.78, 5) is 17.3. The molecule has 0 aliphatic rings. The lowest BCUT2D eigenvalue weighted by molar-refractivity contribution is -0.116. The molecule has 8 heteroatoms. The van der Waals surface area contributed by atoms with E-state index in [0.29, 0.717) is 29.0 Å². The van der Waals surface area contributed by atoms with Crippen LogP contribution in [-0.4, -0.2) is 32.8 Å². The highest BCUT2D eigenvalue weighted by molar-refractivity contribution is 6.30. The molecule has 0 saturated carbocycles. The highest BCUT2D eigenvalue weighted by Crippen LogP contribution is 2.25. The van der Waals surface area contributed by atoms with Crippen LogP contribution in [0.4, 0.5) is 5.69 Å². The first-order valence-electron chi connectivity index (χ1n) is 9.81. The molecule has 4 rings (SSSR count). The van der Waals surface area contributed by atoms with Crippen molar-refractivity contribution in [2.45, 2.75) is 19.1 Å². The number of ether oxygens (including phenoxy) is 1. The van der Waals surface area contributed by atoms with Crippen molar-refractivity contribution in [3.63, 3.8) is 0 Å². The third-order valence-electron chi connectivity index (χ3n) is 4.84. The summed E-state index contributed by atoms with van der Waals surface area (Å²) in [5, 5.41) is 10.7. The average molecular weight is 436 g/mol. The van der Waals surface area contributed by atoms with Gasteiger partial charge in [0.1, 0.15) is 6.61 Å². The summed E-state index contributed by atoms with van der Waals surface area (Å²) in [6.45, 7) is 0.356. The fourth-order valence-corrected chi connectivity index (χ4v) is 3.51. The molecule has 158 valence electrons. The zero-order valence-corrected chi connectivity index (χ0v) is 17.7. The van der Waals surface area contributed by atoms with Crippen LogP contribution >= 0.6 is 11.6 Å². The van der Waals surface area contributed by atoms with E-state index < -0.39 is 0 Å². The number of benzene rings is 2. The molecule has 7 nitrogen and oxygen atoms in total. The molecule has 0 radical (unpaired) electrons. The number of amides is 1. The number of nitrogens with zero attached hydrogens (tertiary/aromatic N) is 3. The van der Waals surface area contributed by atoms with Crippen LogP contribution in [0.5, 0.6) is 0 Å². The number of H-pyrrole nitrogens is 1. The van der Waals surface area contributed by atoms with Crippen LogP contribution in [0, 0.1) is 0 Å². The van der Waals surface area contributed by atoms with Crippen molar-refractivity contribution in [1.82, 2.24) is 19.7 Å². The van der Waals surface area contributed by atoms with Gasteiger partial charge in [-0.15, -0.1) is 0 Å². The van der Waals surface area contributed by atoms with Gasteiger partial charge in [-0.25, -0.2) is 4.98 Å². The van der Waals surface area contributed by atoms with E-state index in [2.05, 4.69) is 20.5 Å². The highest BCUT2D eigenvalue weighted by atomic mass is 35.5. The highest BCUT2D eigenvalue weighted by Gasteiger charge is 2.18. The number of rotatable bonds is 8. The second-order valence-electron chi connectivity index (χ2n) is 7.07. The molecule has 31 heavy (non-hydrogen) atoms. The predicted octanol–water partition coefficient (Wildman–Crippen LogP) is 4.69. The van der Waals surface area contributed by atoms with Crippen molar-refractivity contribution >= 4 is 23.2 Å². The van der Waals surface area contributed by atoms with Crippen LogP contribution in [0.1, 0.15) is 23.9 Å². The van der Waals surface area contributed by atoms with Gasteiger partial charge in [-0.05, 0) is 42.0 Å². The lowest BCUT2D eigenvalue weighted by Crippen LogP contribution is -2.19. The Morgan fingerprint density at radius 1 is 1.16 bits per heavy atom. The molecule has 0 bridgehead atoms. The topological polar surface area (TPSA) is 84.8 Å². The number of nitrogens with one attached hydrogen (secondary N) is 2. The van der Waals surface area contributed by atoms with E-state index in [9.17, 15) is 4.79 Å². The molecule has 0 fully saturated rings. The minimum Gasteiger partial charge on any atom is -0.377 e. The van der Waals surface area contributed by atoms with Crippen LogP contribution in [0.3, 0.4) is 0 Å². The largest absolute Gasteiger partial charge is 0.377 e. The predicted molar refractivity (Wildman–Crippen MR) is 120 cm³/mol. The molecule has 1 amide bonds. The van der Waals surface area contributed by atoms with Crippen LogP contribution in [0.25, 0.3) is 11.4 Å². The molecular formula is C23H22ClN5O2. The first kappa shape index (κ1) is 20.8. The van der Waals surface area contributed by atoms with Gasteiger partial charge in [0, 0.05) is 35.8 Å². The van der Waals surface area contributed by atoms with Gasteiger partial charge in [-0.2, -0.15) is 5.10 Å². The summed E-state index contributed by atoms with van der Waals surface area (Å²) >= 11 is 6.03. The quantitative estimate of drug-likeness (QED) is 0.420. The maximum Gasteiger partial charge on any atom is 0.226 e. The van der Waals surface area contributed by atoms with E-state index in [1.807, 2.05) is 77.6 Å². The van der Waals surface area contributed by atoms with Gasteiger partial charge in [-0.1, -0.05) is 35.9 Å². The molecular weight excluding hydrogens is 414 g/mol. The zero-order chi connectivity index (χ0) is 21.6. The molecule has 0 unspecified atom stereocenters. The minimum absolute atomic E-state index is 0.0964. The van der Waals surface area contributed by atoms with E-state index >= 15 is 0 Å². The van der Waals surface area contributed by atoms with Crippen LogP contribution in [0.2, 0.25) is 5.02 Å². The number of hydrogen-bond donors (Lipinski definition) is 2. The molecule has 2 N–H and O–H groups in total. The maximum atomic E-state index is 12.9. The third-order valence-corrected chi connectivity index (χ3v) is 5.09. The number of aromatic amines is 1. The fraction of sp³-hybridized carbons (Fsp3) is 0.174. The second-order valence-corrected chi connectivity index (χ2v) is 7.51. The lowest BCUT2D eigenvalue weighted by Gasteiger charge is -2.19. The molecule has 2 heterocycles. The van der Waals surface area contributed by atoms with Gasteiger partial charge in [0.15, 0.2) is 11.6 Å². The van der Waals surface area contributed by atoms with Crippen molar-refractivity contribution in [3.8, 4) is 11.4 Å². The van der Waals surface area contributed by atoms with Crippen LogP contribution in [0.15, 0.2) is 73.1 Å². The summed E-state index contributed by atoms with van der Waals surface area (Å²) in [5.74, 6) is 1.10. The first-order valence-corrected chi connectivity index (χ1v) is 10.2. The van der Waals surface area contributed by atoms with Crippen molar-refractivity contribution in [3.05, 3.63) is 89.5 Å². The van der Waals surface area contributed by atoms with Gasteiger partial charge in [0.05, 0.1) is 12.5 Å². The number of carbonyl (C=O) groups excluding carboxylic acids is 1. The van der Waals surface area contributed by atoms with Crippen molar-refractivity contribution < 1.29 is 9.53 Å². The molecule has 0 saturated heterocycles. The maximum absolute atomic E-state index is 12.9. The monoisotopic (exact) mass is 435 g/mol. The second kappa shape index (κ2) is 9.59. The molecule has 0 aliphatic heterocycles. The Balaban J connectivity index is 1.49. The Labute approximate surface area is 185 Å². The molecule has 1 atom stereocenters. The van der Waals surface area contributed by atoms with Gasteiger partial charge >= 0.3 is 0 Å². The third kappa shape index (κ3) is 5.20. The molecule has 4 aromatic rings. The number of methoxy groups -OCH3 is 1. The molecule has 0 aliphatic carbocycles. The Hall–Kier alpha value is -3.42. The van der Waals surface area contributed by atoms with Gasteiger partial charge in [0.2, 0.25) is 5.91 Å². The Bertz CT molecular complexity index is 1140. The summed E-state index contributed by atoms with van der Waals surface area (Å²) in [6.07, 6.45) is 4.18. The van der Waals surface area contributed by atoms with Crippen molar-refractivity contribution in [1.29, 1.82) is 0 Å². The number of halogens is 1. The zero-order valence-electron chi connectivity index (χ0n) is 17.0. The Morgan fingerprint density at radius 2 is 1.94 bits per heavy atom. The normalized spacial score (nSPS) is 11.9. The Morgan fingerprint density at radius 3 is 2.68 bits per heavy atom. The van der Waals surface area contributed by atoms with E-state index in [0.717, 1.165) is 11.1 Å². The number of carbonyl (C=O) groups is 1. The molecule has 0 spiro atoms. The fourth-order valence-electron chi connectivity index (χ4n) is 3.39. The van der Waals surface area contributed by atoms with Crippen molar-refractivity contribution in [2.75, 3.05) is 12.4 Å². The summed E-state index contributed by atoms with van der Waals surface area (Å²) < 4.78 is 7.08. The van der Waals surface area contributed by atoms with E-state index in [1.165, 1.54) is 0 Å². The minimum atomic E-state index is -0.139. The van der Waals surface area contributed by atoms with Crippen LogP contribution in [-0.2, 0) is 16.1 Å². The van der Waals surface area contributed by atoms with E-state index in [4.69, 9.17) is 16.3 Å². The van der Waals surface area contributed by atoms with E-state index in [1.54, 1.807) is 7.11 Å². The molecule has 2 aromatic carbocycles. The van der Waals surface area contributed by atoms with Gasteiger partial charge in [-0.3, -0.25) is 9.89 Å². The smallest absolute Gasteiger partial charge is 0.226 e. The van der Waals surface area contributed by atoms with Gasteiger partial charge in [0.25, 0.3) is 0 Å². The Kier molecular flexibility index (Phi) is 6.45. The van der Waals surface area contributed by atoms with E-state index in [-0.39, 0.29) is 18.4 Å². The lowest BCUT2D eigenvalue weighted by atomic mass is 10.0. The number of aromatic nitrogens is 4. The summed E-state index contributed by atoms with van der Waals surface area (Å²) in [7, 11) is 1.60. The average Bonchev–Trinajstić information content (AvgIpc) is 3.46. The van der Waals surface area contributed by atoms with Gasteiger partial charge < -0.3 is 14.6 Å². The summed E-state index contributed by atoms with van der Waals surface area (Å²) in [6, 6.07) is 18.8. The molecule has 2 aromatic heterocycles. The van der Waals surface area contributed by atoms with Crippen LogP contribution < -0.4 is 5.32 Å². The number of anilines is 1. The summed E-state index contributed by atoms with van der Waals surface area (Å²) in [5.41, 5.74) is 2.50. The SMILES string of the molecule is COCc1nc(-c2cccc(NC(=O)C[C@H](c3ccc(Cl)cc3)n3cccc3)c2)n[nH]1. The standard InChI is InChI=1S/C23H22ClN5O2/c1-31-15-21-26-23(28-27-21)17-5-4-6-19(13-17)25-22(30)14-20(29-11-2-3-12-29)16-7-9-18(24)10-8-16/h2-13,20H,14-15H2,1H3,(H,25,30)(H,26,27,28)/t20-/m1/s1. The van der Waals surface area contributed by atoms with Crippen molar-refractivity contribution in [2.24, 2.45) is 0 Å². The first-order chi connectivity index (χ1) is 15.1.